The number of alkyl halides is 3. The molecule has 0 amide bonds. The van der Waals surface area contributed by atoms with E-state index in [1.807, 2.05) is 6.08 Å². The summed E-state index contributed by atoms with van der Waals surface area (Å²) in [5, 5.41) is 11.2. The van der Waals surface area contributed by atoms with E-state index in [4.69, 9.17) is 4.74 Å². The minimum absolute atomic E-state index is 0.263. The van der Waals surface area contributed by atoms with Gasteiger partial charge in [0, 0.05) is 6.42 Å². The molecule has 0 radical (unpaired) electrons. The van der Waals surface area contributed by atoms with Crippen molar-refractivity contribution in [2.75, 3.05) is 13.2 Å². The molecule has 2 saturated carbocycles. The van der Waals surface area contributed by atoms with Crippen LogP contribution in [0.3, 0.4) is 0 Å². The molecular formula is C16H22F3NO5S. The number of hydrogen-bond donors (Lipinski definition) is 1. The molecule has 0 aromatic heterocycles. The number of nitrogens with one attached hydrogen (secondary N) is 1. The molecule has 0 aromatic rings. The number of esters is 1. The Balaban J connectivity index is 1.50. The SMILES string of the molecule is CC1(C(=O)OCCC[NH+]([O-])S(=O)(=O)C(F)(F)F)C=C2CC3CC(CC23)C1. The summed E-state index contributed by atoms with van der Waals surface area (Å²) in [7, 11) is -5.81. The summed E-state index contributed by atoms with van der Waals surface area (Å²) in [6, 6.07) is 0. The van der Waals surface area contributed by atoms with Crippen molar-refractivity contribution in [2.24, 2.45) is 23.2 Å². The van der Waals surface area contributed by atoms with Gasteiger partial charge in [-0.3, -0.25) is 9.26 Å². The lowest BCUT2D eigenvalue weighted by molar-refractivity contribution is -0.712. The first kappa shape index (κ1) is 19.6. The van der Waals surface area contributed by atoms with Crippen LogP contribution in [0.25, 0.3) is 0 Å². The number of hydrogen-bond acceptors (Lipinski definition) is 5. The van der Waals surface area contributed by atoms with Crippen molar-refractivity contribution in [3.8, 4) is 0 Å². The van der Waals surface area contributed by atoms with Crippen LogP contribution in [0, 0.1) is 28.4 Å². The lowest BCUT2D eigenvalue weighted by atomic mass is 9.67. The van der Waals surface area contributed by atoms with Gasteiger partial charge in [0.1, 0.15) is 0 Å². The summed E-state index contributed by atoms with van der Waals surface area (Å²) in [4.78, 5) is 12.5. The number of quaternary nitrogens is 1. The molecule has 0 saturated heterocycles. The van der Waals surface area contributed by atoms with Gasteiger partial charge in [-0.2, -0.15) is 21.6 Å². The van der Waals surface area contributed by atoms with Crippen LogP contribution in [0.15, 0.2) is 11.6 Å². The number of carbonyl (C=O) groups excluding carboxylic acids is 1. The first-order chi connectivity index (χ1) is 11.9. The van der Waals surface area contributed by atoms with Gasteiger partial charge in [0.05, 0.1) is 18.6 Å². The molecule has 1 N–H and O–H groups in total. The van der Waals surface area contributed by atoms with Crippen molar-refractivity contribution in [1.82, 2.24) is 0 Å². The number of halogens is 3. The van der Waals surface area contributed by atoms with Gasteiger partial charge < -0.3 is 9.94 Å². The zero-order chi connectivity index (χ0) is 19.3. The number of rotatable bonds is 6. The Hall–Kier alpha value is -1.13. The molecule has 2 bridgehead atoms. The highest BCUT2D eigenvalue weighted by atomic mass is 32.2. The van der Waals surface area contributed by atoms with Gasteiger partial charge in [0.2, 0.25) is 0 Å². The molecule has 5 unspecified atom stereocenters. The fraction of sp³-hybridized carbons (Fsp3) is 0.812. The Labute approximate surface area is 150 Å². The monoisotopic (exact) mass is 397 g/mol. The average molecular weight is 397 g/mol. The van der Waals surface area contributed by atoms with Crippen LogP contribution in [0.5, 0.6) is 0 Å². The highest BCUT2D eigenvalue weighted by molar-refractivity contribution is 7.86. The van der Waals surface area contributed by atoms with Crippen molar-refractivity contribution < 1.29 is 35.6 Å². The van der Waals surface area contributed by atoms with Crippen LogP contribution in [0.2, 0.25) is 0 Å². The second-order valence-corrected chi connectivity index (χ2v) is 9.73. The molecule has 0 aliphatic heterocycles. The van der Waals surface area contributed by atoms with Gasteiger partial charge in [0.25, 0.3) is 0 Å². The summed E-state index contributed by atoms with van der Waals surface area (Å²) in [5.41, 5.74) is -5.07. The van der Waals surface area contributed by atoms with E-state index in [9.17, 15) is 31.6 Å². The lowest BCUT2D eigenvalue weighted by Crippen LogP contribution is -3.10. The third-order valence-electron chi connectivity index (χ3n) is 5.81. The van der Waals surface area contributed by atoms with Crippen molar-refractivity contribution in [1.29, 1.82) is 0 Å². The molecule has 3 aliphatic rings. The van der Waals surface area contributed by atoms with E-state index in [0.29, 0.717) is 18.3 Å². The Kier molecular flexibility index (Phi) is 4.90. The summed E-state index contributed by atoms with van der Waals surface area (Å²) < 4.78 is 61.9. The number of hydroxylamine groups is 1. The molecular weight excluding hydrogens is 375 g/mol. The maximum Gasteiger partial charge on any atom is 0.549 e. The van der Waals surface area contributed by atoms with Gasteiger partial charge in [0.15, 0.2) is 0 Å². The normalized spacial score (nSPS) is 34.5. The Morgan fingerprint density at radius 3 is 2.77 bits per heavy atom. The minimum atomic E-state index is -5.81. The maximum atomic E-state index is 12.5. The Morgan fingerprint density at radius 2 is 2.12 bits per heavy atom. The van der Waals surface area contributed by atoms with Crippen molar-refractivity contribution in [3.63, 3.8) is 0 Å². The van der Waals surface area contributed by atoms with E-state index < -0.39 is 37.9 Å². The predicted octanol–water partition coefficient (Wildman–Crippen LogP) is 1.53. The van der Waals surface area contributed by atoms with Gasteiger partial charge in [-0.25, -0.2) is 0 Å². The van der Waals surface area contributed by atoms with E-state index in [1.54, 1.807) is 6.92 Å². The number of ether oxygens (including phenoxy) is 1. The quantitative estimate of drug-likeness (QED) is 0.318. The van der Waals surface area contributed by atoms with Crippen molar-refractivity contribution in [2.45, 2.75) is 44.5 Å². The van der Waals surface area contributed by atoms with E-state index in [-0.39, 0.29) is 13.0 Å². The van der Waals surface area contributed by atoms with Crippen LogP contribution >= 0.6 is 0 Å². The fourth-order valence-electron chi connectivity index (χ4n) is 4.57. The van der Waals surface area contributed by atoms with Crippen LogP contribution < -0.4 is 4.47 Å². The van der Waals surface area contributed by atoms with E-state index >= 15 is 0 Å². The van der Waals surface area contributed by atoms with Gasteiger partial charge in [-0.05, 0) is 50.4 Å². The summed E-state index contributed by atoms with van der Waals surface area (Å²) >= 11 is 0. The molecule has 0 spiro atoms. The lowest BCUT2D eigenvalue weighted by Gasteiger charge is -2.37. The van der Waals surface area contributed by atoms with Gasteiger partial charge in [-0.1, -0.05) is 11.6 Å². The maximum absolute atomic E-state index is 12.5. The van der Waals surface area contributed by atoms with Gasteiger partial charge >= 0.3 is 21.5 Å². The second kappa shape index (κ2) is 6.49. The zero-order valence-electron chi connectivity index (χ0n) is 14.3. The third-order valence-corrected chi connectivity index (χ3v) is 7.23. The fourth-order valence-corrected chi connectivity index (χ4v) is 5.24. The molecule has 0 heterocycles. The topological polar surface area (TPSA) is 87.9 Å². The molecule has 148 valence electrons. The largest absolute Gasteiger partial charge is 0.618 e. The molecule has 3 aliphatic carbocycles. The smallest absolute Gasteiger partial charge is 0.549 e. The third kappa shape index (κ3) is 3.38. The highest BCUT2D eigenvalue weighted by Crippen LogP contribution is 2.59. The van der Waals surface area contributed by atoms with Crippen LogP contribution in [0.1, 0.15) is 39.0 Å². The van der Waals surface area contributed by atoms with Crippen LogP contribution in [-0.2, 0) is 19.6 Å². The first-order valence-electron chi connectivity index (χ1n) is 8.67. The predicted molar refractivity (Wildman–Crippen MR) is 84.9 cm³/mol. The standard InChI is InChI=1S/C16H22F3NO5S/c1-15(8-10-5-11-7-12(9-15)13(11)6-10)14(21)25-4-2-3-20(22)26(23,24)16(17,18)19/h9-11,13,20H,2-8H2,1H3. The summed E-state index contributed by atoms with van der Waals surface area (Å²) in [6.07, 6.45) is 5.64. The second-order valence-electron chi connectivity index (χ2n) is 7.81. The molecule has 10 heteroatoms. The Morgan fingerprint density at radius 1 is 1.42 bits per heavy atom. The van der Waals surface area contributed by atoms with Gasteiger partial charge in [-0.15, -0.1) is 0 Å². The number of carbonyl (C=O) groups is 1. The van der Waals surface area contributed by atoms with Crippen molar-refractivity contribution in [3.05, 3.63) is 16.9 Å². The van der Waals surface area contributed by atoms with E-state index in [0.717, 1.165) is 25.2 Å². The molecule has 26 heavy (non-hydrogen) atoms. The number of allylic oxidation sites excluding steroid dienone is 1. The average Bonchev–Trinajstić information content (AvgIpc) is 2.76. The molecule has 0 aromatic carbocycles. The molecule has 2 fully saturated rings. The van der Waals surface area contributed by atoms with E-state index in [1.165, 1.54) is 5.57 Å². The molecule has 6 nitrogen and oxygen atoms in total. The zero-order valence-corrected chi connectivity index (χ0v) is 15.2. The summed E-state index contributed by atoms with van der Waals surface area (Å²) in [6.45, 7) is 0.683. The Bertz CT molecular complexity index is 720. The summed E-state index contributed by atoms with van der Waals surface area (Å²) in [5.74, 6) is 1.33. The first-order valence-corrected chi connectivity index (χ1v) is 10.2. The number of sulfonamides is 1. The number of fused-ring (bicyclic) bond motifs is 1. The van der Waals surface area contributed by atoms with Crippen LogP contribution in [0.4, 0.5) is 13.2 Å². The van der Waals surface area contributed by atoms with Crippen molar-refractivity contribution >= 4 is 16.0 Å². The highest BCUT2D eigenvalue weighted by Gasteiger charge is 2.52. The molecule has 5 atom stereocenters. The molecule has 3 rings (SSSR count). The van der Waals surface area contributed by atoms with E-state index in [2.05, 4.69) is 0 Å². The van der Waals surface area contributed by atoms with Crippen LogP contribution in [-0.4, -0.2) is 33.0 Å². The minimum Gasteiger partial charge on any atom is -0.618 e.